The summed E-state index contributed by atoms with van der Waals surface area (Å²) in [5, 5.41) is 2.65. The van der Waals surface area contributed by atoms with Gasteiger partial charge in [-0.2, -0.15) is 0 Å². The molecule has 1 aromatic heterocycles. The smallest absolute Gasteiger partial charge is 0.359 e. The van der Waals surface area contributed by atoms with E-state index in [1.54, 1.807) is 24.3 Å². The molecule has 1 heterocycles. The zero-order chi connectivity index (χ0) is 17.7. The molecule has 0 radical (unpaired) electrons. The topological polar surface area (TPSA) is 85.4 Å². The van der Waals surface area contributed by atoms with Gasteiger partial charge in [0, 0.05) is 5.56 Å². The number of Topliss-reactive ketones (excluding diaryl/α,β-unsaturated/α-hetero) is 1. The fraction of sp³-hybridized carbons (Fsp3) is 0.125. The van der Waals surface area contributed by atoms with Crippen molar-refractivity contribution in [2.45, 2.75) is 6.92 Å². The van der Waals surface area contributed by atoms with Crippen molar-refractivity contribution >= 4 is 46.5 Å². The van der Waals surface area contributed by atoms with E-state index in [1.807, 2.05) is 0 Å². The van der Waals surface area contributed by atoms with Crippen LogP contribution in [0, 0.1) is 0 Å². The van der Waals surface area contributed by atoms with E-state index in [1.165, 1.54) is 19.1 Å². The van der Waals surface area contributed by atoms with Crippen molar-refractivity contribution in [2.24, 2.45) is 0 Å². The van der Waals surface area contributed by atoms with Crippen LogP contribution in [0.1, 0.15) is 27.8 Å². The Kier molecular flexibility index (Phi) is 5.89. The van der Waals surface area contributed by atoms with E-state index in [0.29, 0.717) is 11.3 Å². The molecule has 2 aromatic rings. The molecular weight excluding hydrogens is 355 g/mol. The number of nitrogens with one attached hydrogen (secondary N) is 1. The number of hydrogen-bond acceptors (Lipinski definition) is 5. The minimum absolute atomic E-state index is 0.0618. The van der Waals surface area contributed by atoms with Gasteiger partial charge in [-0.25, -0.2) is 9.78 Å². The second kappa shape index (κ2) is 7.90. The highest BCUT2D eigenvalue weighted by molar-refractivity contribution is 6.34. The van der Waals surface area contributed by atoms with Crippen LogP contribution in [0.5, 0.6) is 0 Å². The van der Waals surface area contributed by atoms with E-state index in [0.717, 1.165) is 0 Å². The normalized spacial score (nSPS) is 10.1. The number of benzene rings is 1. The Labute approximate surface area is 147 Å². The number of ketones is 1. The summed E-state index contributed by atoms with van der Waals surface area (Å²) in [6.07, 6.45) is 0. The number of aromatic nitrogens is 1. The van der Waals surface area contributed by atoms with E-state index < -0.39 is 18.5 Å². The maximum atomic E-state index is 11.9. The predicted molar refractivity (Wildman–Crippen MR) is 89.6 cm³/mol. The number of pyridine rings is 1. The third kappa shape index (κ3) is 4.53. The van der Waals surface area contributed by atoms with Crippen LogP contribution >= 0.6 is 23.2 Å². The molecule has 8 heteroatoms. The number of rotatable bonds is 5. The largest absolute Gasteiger partial charge is 0.451 e. The molecular formula is C16H12Cl2N2O4. The molecule has 0 aliphatic carbocycles. The van der Waals surface area contributed by atoms with Gasteiger partial charge in [0.2, 0.25) is 0 Å². The first-order chi connectivity index (χ1) is 11.4. The summed E-state index contributed by atoms with van der Waals surface area (Å²) in [5.74, 6) is -1.68. The summed E-state index contributed by atoms with van der Waals surface area (Å²) < 4.78 is 4.86. The Morgan fingerprint density at radius 1 is 1.12 bits per heavy atom. The van der Waals surface area contributed by atoms with Gasteiger partial charge in [0.1, 0.15) is 5.15 Å². The minimum Gasteiger partial charge on any atom is -0.451 e. The molecule has 2 rings (SSSR count). The van der Waals surface area contributed by atoms with Gasteiger partial charge < -0.3 is 10.1 Å². The van der Waals surface area contributed by atoms with E-state index >= 15 is 0 Å². The number of esters is 1. The highest BCUT2D eigenvalue weighted by Gasteiger charge is 2.17. The van der Waals surface area contributed by atoms with Crippen molar-refractivity contribution in [2.75, 3.05) is 11.9 Å². The number of anilines is 1. The zero-order valence-electron chi connectivity index (χ0n) is 12.5. The summed E-state index contributed by atoms with van der Waals surface area (Å²) in [5.41, 5.74) is 0.516. The molecule has 0 bridgehead atoms. The SMILES string of the molecule is CC(=O)c1ccccc1NC(=O)COC(=O)c1nc(Cl)ccc1Cl. The Hall–Kier alpha value is -2.44. The van der Waals surface area contributed by atoms with Gasteiger partial charge in [-0.15, -0.1) is 0 Å². The van der Waals surface area contributed by atoms with E-state index in [9.17, 15) is 14.4 Å². The van der Waals surface area contributed by atoms with Crippen molar-refractivity contribution in [1.82, 2.24) is 4.98 Å². The standard InChI is InChI=1S/C16H12Cl2N2O4/c1-9(21)10-4-2-3-5-12(10)19-14(22)8-24-16(23)15-11(17)6-7-13(18)20-15/h2-7H,8H2,1H3,(H,19,22). The first-order valence-electron chi connectivity index (χ1n) is 6.77. The number of hydrogen-bond donors (Lipinski definition) is 1. The Balaban J connectivity index is 2.00. The van der Waals surface area contributed by atoms with Crippen LogP contribution in [0.25, 0.3) is 0 Å². The van der Waals surface area contributed by atoms with Gasteiger partial charge in [0.25, 0.3) is 5.91 Å². The maximum Gasteiger partial charge on any atom is 0.359 e. The van der Waals surface area contributed by atoms with Gasteiger partial charge in [0.05, 0.1) is 10.7 Å². The van der Waals surface area contributed by atoms with Crippen molar-refractivity contribution < 1.29 is 19.1 Å². The number of amides is 1. The summed E-state index contributed by atoms with van der Waals surface area (Å²) in [7, 11) is 0. The van der Waals surface area contributed by atoms with Gasteiger partial charge in [-0.05, 0) is 31.2 Å². The summed E-state index contributed by atoms with van der Waals surface area (Å²) in [6, 6.07) is 9.33. The third-order valence-corrected chi connectivity index (χ3v) is 3.44. The lowest BCUT2D eigenvalue weighted by molar-refractivity contribution is -0.119. The first-order valence-corrected chi connectivity index (χ1v) is 7.53. The Morgan fingerprint density at radius 3 is 2.54 bits per heavy atom. The van der Waals surface area contributed by atoms with Crippen LogP contribution in [0.4, 0.5) is 5.69 Å². The van der Waals surface area contributed by atoms with Crippen molar-refractivity contribution in [3.63, 3.8) is 0 Å². The fourth-order valence-electron chi connectivity index (χ4n) is 1.85. The molecule has 24 heavy (non-hydrogen) atoms. The summed E-state index contributed by atoms with van der Waals surface area (Å²) in [6.45, 7) is 0.827. The number of carbonyl (C=O) groups is 3. The van der Waals surface area contributed by atoms with Crippen molar-refractivity contribution in [3.8, 4) is 0 Å². The van der Waals surface area contributed by atoms with Crippen molar-refractivity contribution in [3.05, 3.63) is 57.8 Å². The average molecular weight is 367 g/mol. The summed E-state index contributed by atoms with van der Waals surface area (Å²) >= 11 is 11.5. The fourth-order valence-corrected chi connectivity index (χ4v) is 2.18. The van der Waals surface area contributed by atoms with Crippen LogP contribution in [0.3, 0.4) is 0 Å². The second-order valence-corrected chi connectivity index (χ2v) is 5.48. The van der Waals surface area contributed by atoms with Gasteiger partial charge >= 0.3 is 5.97 Å². The number of para-hydroxylation sites is 1. The molecule has 1 amide bonds. The van der Waals surface area contributed by atoms with E-state index in [4.69, 9.17) is 27.9 Å². The van der Waals surface area contributed by atoms with E-state index in [-0.39, 0.29) is 21.7 Å². The van der Waals surface area contributed by atoms with Crippen LogP contribution in [-0.2, 0) is 9.53 Å². The Bertz CT molecular complexity index is 808. The average Bonchev–Trinajstić information content (AvgIpc) is 2.55. The van der Waals surface area contributed by atoms with Crippen LogP contribution in [0.15, 0.2) is 36.4 Å². The predicted octanol–water partition coefficient (Wildman–Crippen LogP) is 3.39. The second-order valence-electron chi connectivity index (χ2n) is 4.69. The molecule has 0 unspecified atom stereocenters. The molecule has 0 saturated carbocycles. The van der Waals surface area contributed by atoms with Gasteiger partial charge in [0.15, 0.2) is 18.1 Å². The van der Waals surface area contributed by atoms with Crippen LogP contribution in [-0.4, -0.2) is 29.3 Å². The quantitative estimate of drug-likeness (QED) is 0.497. The maximum absolute atomic E-state index is 11.9. The highest BCUT2D eigenvalue weighted by Crippen LogP contribution is 2.18. The van der Waals surface area contributed by atoms with Gasteiger partial charge in [-0.1, -0.05) is 35.3 Å². The first kappa shape index (κ1) is 17.9. The monoisotopic (exact) mass is 366 g/mol. The molecule has 0 aliphatic heterocycles. The Morgan fingerprint density at radius 2 is 1.83 bits per heavy atom. The van der Waals surface area contributed by atoms with Gasteiger partial charge in [-0.3, -0.25) is 9.59 Å². The lowest BCUT2D eigenvalue weighted by atomic mass is 10.1. The molecule has 0 aliphatic rings. The minimum atomic E-state index is -0.877. The molecule has 1 aromatic carbocycles. The third-order valence-electron chi connectivity index (χ3n) is 2.92. The molecule has 0 saturated heterocycles. The van der Waals surface area contributed by atoms with Crippen LogP contribution < -0.4 is 5.32 Å². The molecule has 0 atom stereocenters. The molecule has 0 fully saturated rings. The van der Waals surface area contributed by atoms with Crippen LogP contribution in [0.2, 0.25) is 10.2 Å². The molecule has 1 N–H and O–H groups in total. The zero-order valence-corrected chi connectivity index (χ0v) is 14.0. The molecule has 6 nitrogen and oxygen atoms in total. The lowest BCUT2D eigenvalue weighted by Gasteiger charge is -2.09. The highest BCUT2D eigenvalue weighted by atomic mass is 35.5. The van der Waals surface area contributed by atoms with E-state index in [2.05, 4.69) is 10.3 Å². The number of ether oxygens (including phenoxy) is 1. The molecule has 124 valence electrons. The lowest BCUT2D eigenvalue weighted by Crippen LogP contribution is -2.22. The number of carbonyl (C=O) groups excluding carboxylic acids is 3. The summed E-state index contributed by atoms with van der Waals surface area (Å²) in [4.78, 5) is 39.0. The number of halogens is 2. The molecule has 0 spiro atoms. The number of nitrogens with zero attached hydrogens (tertiary/aromatic N) is 1. The van der Waals surface area contributed by atoms with Crippen molar-refractivity contribution in [1.29, 1.82) is 0 Å².